The number of para-hydroxylation sites is 1. The van der Waals surface area contributed by atoms with E-state index in [9.17, 15) is 4.79 Å². The number of rotatable bonds is 4. The van der Waals surface area contributed by atoms with Gasteiger partial charge in [-0.3, -0.25) is 0 Å². The molecule has 1 N–H and O–H groups in total. The Morgan fingerprint density at radius 3 is 2.92 bits per heavy atom. The average molecular weight is 345 g/mol. The quantitative estimate of drug-likeness (QED) is 0.921. The number of amides is 2. The highest BCUT2D eigenvalue weighted by molar-refractivity contribution is 7.99. The minimum atomic E-state index is -0.0782. The first-order chi connectivity index (χ1) is 11.6. The zero-order valence-electron chi connectivity index (χ0n) is 14.3. The number of anilines is 1. The zero-order valence-corrected chi connectivity index (χ0v) is 15.1. The first-order valence-electron chi connectivity index (χ1n) is 8.18. The lowest BCUT2D eigenvalue weighted by Crippen LogP contribution is -2.39. The second-order valence-corrected chi connectivity index (χ2v) is 7.41. The second-order valence-electron chi connectivity index (χ2n) is 6.26. The number of urea groups is 1. The highest BCUT2D eigenvalue weighted by atomic mass is 32.2. The van der Waals surface area contributed by atoms with Crippen LogP contribution in [0.4, 0.5) is 10.5 Å². The topological polar surface area (TPSA) is 63.1 Å². The molecule has 0 unspecified atom stereocenters. The summed E-state index contributed by atoms with van der Waals surface area (Å²) in [7, 11) is 1.87. The summed E-state index contributed by atoms with van der Waals surface area (Å²) in [6, 6.07) is 8.21. The van der Waals surface area contributed by atoms with E-state index < -0.39 is 0 Å². The van der Waals surface area contributed by atoms with E-state index in [1.165, 1.54) is 0 Å². The van der Waals surface area contributed by atoms with Crippen LogP contribution < -0.4 is 5.32 Å². The first-order valence-corrected chi connectivity index (χ1v) is 9.34. The highest BCUT2D eigenvalue weighted by Gasteiger charge is 2.24. The Morgan fingerprint density at radius 1 is 1.42 bits per heavy atom. The van der Waals surface area contributed by atoms with E-state index in [0.29, 0.717) is 6.04 Å². The van der Waals surface area contributed by atoms with E-state index in [2.05, 4.69) is 29.4 Å². The summed E-state index contributed by atoms with van der Waals surface area (Å²) in [5.74, 6) is 2.89. The molecule has 1 aliphatic rings. The third-order valence-electron chi connectivity index (χ3n) is 4.31. The smallest absolute Gasteiger partial charge is 0.321 e. The van der Waals surface area contributed by atoms with Crippen LogP contribution in [0.15, 0.2) is 30.6 Å². The molecule has 0 bridgehead atoms. The lowest BCUT2D eigenvalue weighted by Gasteiger charge is -2.24. The molecule has 1 fully saturated rings. The standard InChI is InChI=1S/C17H23N5OS/c1-12(2)22-11-18-20-16(22)14-6-4-5-7-15(14)19-17(23)21(3)13-8-9-24-10-13/h4-7,11-13H,8-10H2,1-3H3,(H,19,23)/t13-/m0/s1. The minimum Gasteiger partial charge on any atom is -0.324 e. The average Bonchev–Trinajstić information content (AvgIpc) is 3.26. The van der Waals surface area contributed by atoms with Gasteiger partial charge in [0.25, 0.3) is 0 Å². The molecule has 2 aromatic rings. The van der Waals surface area contributed by atoms with E-state index in [1.807, 2.05) is 52.5 Å². The molecule has 128 valence electrons. The Kier molecular flexibility index (Phi) is 5.08. The van der Waals surface area contributed by atoms with Gasteiger partial charge in [-0.2, -0.15) is 11.8 Å². The summed E-state index contributed by atoms with van der Waals surface area (Å²) in [6.07, 6.45) is 2.78. The van der Waals surface area contributed by atoms with Gasteiger partial charge in [-0.25, -0.2) is 4.79 Å². The van der Waals surface area contributed by atoms with Crippen molar-refractivity contribution in [2.45, 2.75) is 32.4 Å². The van der Waals surface area contributed by atoms with E-state index in [1.54, 1.807) is 6.33 Å². The molecule has 7 heteroatoms. The molecule has 6 nitrogen and oxygen atoms in total. The van der Waals surface area contributed by atoms with Gasteiger partial charge in [-0.15, -0.1) is 10.2 Å². The molecule has 24 heavy (non-hydrogen) atoms. The zero-order chi connectivity index (χ0) is 17.1. The van der Waals surface area contributed by atoms with Gasteiger partial charge >= 0.3 is 6.03 Å². The van der Waals surface area contributed by atoms with E-state index in [4.69, 9.17) is 0 Å². The van der Waals surface area contributed by atoms with Crippen molar-refractivity contribution in [1.29, 1.82) is 0 Å². The van der Waals surface area contributed by atoms with Crippen molar-refractivity contribution in [3.63, 3.8) is 0 Å². The summed E-state index contributed by atoms with van der Waals surface area (Å²) in [4.78, 5) is 14.4. The van der Waals surface area contributed by atoms with Crippen LogP contribution >= 0.6 is 11.8 Å². The maximum Gasteiger partial charge on any atom is 0.321 e. The van der Waals surface area contributed by atoms with Crippen LogP contribution in [-0.4, -0.2) is 50.3 Å². The van der Waals surface area contributed by atoms with Crippen LogP contribution in [0.2, 0.25) is 0 Å². The lowest BCUT2D eigenvalue weighted by molar-refractivity contribution is 0.209. The van der Waals surface area contributed by atoms with Gasteiger partial charge in [0, 0.05) is 30.4 Å². The van der Waals surface area contributed by atoms with E-state index in [-0.39, 0.29) is 12.1 Å². The monoisotopic (exact) mass is 345 g/mol. The van der Waals surface area contributed by atoms with Crippen LogP contribution in [0.25, 0.3) is 11.4 Å². The van der Waals surface area contributed by atoms with Crippen LogP contribution in [0.1, 0.15) is 26.3 Å². The second kappa shape index (κ2) is 7.25. The molecule has 1 aromatic carbocycles. The van der Waals surface area contributed by atoms with Gasteiger partial charge in [0.05, 0.1) is 5.69 Å². The fourth-order valence-electron chi connectivity index (χ4n) is 2.80. The van der Waals surface area contributed by atoms with Gasteiger partial charge in [0.2, 0.25) is 0 Å². The number of nitrogens with zero attached hydrogens (tertiary/aromatic N) is 4. The number of hydrogen-bond acceptors (Lipinski definition) is 4. The fourth-order valence-corrected chi connectivity index (χ4v) is 4.06. The lowest BCUT2D eigenvalue weighted by atomic mass is 10.1. The molecule has 0 aliphatic carbocycles. The Balaban J connectivity index is 1.84. The number of carbonyl (C=O) groups excluding carboxylic acids is 1. The van der Waals surface area contributed by atoms with Crippen molar-refractivity contribution in [3.05, 3.63) is 30.6 Å². The van der Waals surface area contributed by atoms with Crippen LogP contribution in [0.5, 0.6) is 0 Å². The van der Waals surface area contributed by atoms with Crippen molar-refractivity contribution >= 4 is 23.5 Å². The van der Waals surface area contributed by atoms with E-state index in [0.717, 1.165) is 35.0 Å². The Hall–Kier alpha value is -2.02. The molecule has 0 radical (unpaired) electrons. The molecule has 1 aliphatic heterocycles. The van der Waals surface area contributed by atoms with Gasteiger partial charge in [-0.1, -0.05) is 12.1 Å². The molecule has 1 saturated heterocycles. The summed E-state index contributed by atoms with van der Waals surface area (Å²) in [5.41, 5.74) is 1.64. The maximum absolute atomic E-state index is 12.6. The molecule has 3 rings (SSSR count). The number of carbonyl (C=O) groups is 1. The van der Waals surface area contributed by atoms with Gasteiger partial charge in [0.1, 0.15) is 6.33 Å². The van der Waals surface area contributed by atoms with Gasteiger partial charge in [0.15, 0.2) is 5.82 Å². The Bertz CT molecular complexity index is 709. The molecule has 0 spiro atoms. The number of aromatic nitrogens is 3. The fraction of sp³-hybridized carbons (Fsp3) is 0.471. The Morgan fingerprint density at radius 2 is 2.21 bits per heavy atom. The van der Waals surface area contributed by atoms with Crippen LogP contribution in [-0.2, 0) is 0 Å². The number of thioether (sulfide) groups is 1. The molecular formula is C17H23N5OS. The molecule has 2 amide bonds. The first kappa shape index (κ1) is 16.8. The van der Waals surface area contributed by atoms with Crippen molar-refractivity contribution in [1.82, 2.24) is 19.7 Å². The number of benzene rings is 1. The summed E-state index contributed by atoms with van der Waals surface area (Å²) >= 11 is 1.90. The van der Waals surface area contributed by atoms with Crippen molar-refractivity contribution < 1.29 is 4.79 Å². The molecule has 1 atom stereocenters. The van der Waals surface area contributed by atoms with Gasteiger partial charge in [-0.05, 0) is 38.2 Å². The molecule has 2 heterocycles. The number of nitrogens with one attached hydrogen (secondary N) is 1. The third kappa shape index (κ3) is 3.40. The highest BCUT2D eigenvalue weighted by Crippen LogP contribution is 2.28. The van der Waals surface area contributed by atoms with E-state index >= 15 is 0 Å². The summed E-state index contributed by atoms with van der Waals surface area (Å²) in [6.45, 7) is 4.17. The SMILES string of the molecule is CC(C)n1cnnc1-c1ccccc1NC(=O)N(C)[C@H]1CCSC1. The van der Waals surface area contributed by atoms with Crippen LogP contribution in [0, 0.1) is 0 Å². The Labute approximate surface area is 146 Å². The normalized spacial score (nSPS) is 17.2. The van der Waals surface area contributed by atoms with Gasteiger partial charge < -0.3 is 14.8 Å². The predicted molar refractivity (Wildman–Crippen MR) is 98.4 cm³/mol. The van der Waals surface area contributed by atoms with Crippen molar-refractivity contribution in [3.8, 4) is 11.4 Å². The minimum absolute atomic E-state index is 0.0782. The van der Waals surface area contributed by atoms with Crippen LogP contribution in [0.3, 0.4) is 0 Å². The maximum atomic E-state index is 12.6. The number of hydrogen-bond donors (Lipinski definition) is 1. The summed E-state index contributed by atoms with van der Waals surface area (Å²) < 4.78 is 2.00. The molecule has 1 aromatic heterocycles. The van der Waals surface area contributed by atoms with Crippen molar-refractivity contribution in [2.75, 3.05) is 23.9 Å². The molecule has 0 saturated carbocycles. The third-order valence-corrected chi connectivity index (χ3v) is 5.46. The largest absolute Gasteiger partial charge is 0.324 e. The summed E-state index contributed by atoms with van der Waals surface area (Å²) in [5, 5.41) is 11.3. The molecular weight excluding hydrogens is 322 g/mol. The predicted octanol–water partition coefficient (Wildman–Crippen LogP) is 3.50. The van der Waals surface area contributed by atoms with Crippen molar-refractivity contribution in [2.24, 2.45) is 0 Å².